The van der Waals surface area contributed by atoms with E-state index < -0.39 is 0 Å². The third kappa shape index (κ3) is 5.29. The lowest BCUT2D eigenvalue weighted by atomic mass is 10.0. The van der Waals surface area contributed by atoms with Crippen LogP contribution in [0.5, 0.6) is 0 Å². The number of pyridine rings is 1. The largest absolute Gasteiger partial charge is 0.353 e. The maximum atomic E-state index is 12.9. The molecule has 2 aliphatic heterocycles. The molecule has 0 unspecified atom stereocenters. The third-order valence-corrected chi connectivity index (χ3v) is 6.48. The average molecular weight is 422 g/mol. The smallest absolute Gasteiger partial charge is 0.239 e. The molecule has 1 aromatic carbocycles. The summed E-state index contributed by atoms with van der Waals surface area (Å²) in [6.45, 7) is 2.67. The van der Waals surface area contributed by atoms with Crippen LogP contribution in [0.2, 0.25) is 0 Å². The Kier molecular flexibility index (Phi) is 6.94. The van der Waals surface area contributed by atoms with E-state index in [1.807, 2.05) is 48.5 Å². The van der Waals surface area contributed by atoms with E-state index in [9.17, 15) is 9.59 Å². The Morgan fingerprint density at radius 2 is 2.00 bits per heavy atom. The molecule has 1 aromatic heterocycles. The minimum absolute atomic E-state index is 0.0487. The van der Waals surface area contributed by atoms with Gasteiger partial charge in [-0.25, -0.2) is 0 Å². The van der Waals surface area contributed by atoms with Crippen molar-refractivity contribution in [2.75, 3.05) is 20.1 Å². The van der Waals surface area contributed by atoms with Crippen molar-refractivity contribution in [2.24, 2.45) is 0 Å². The van der Waals surface area contributed by atoms with Crippen LogP contribution >= 0.6 is 0 Å². The molecule has 2 amide bonds. The summed E-state index contributed by atoms with van der Waals surface area (Å²) >= 11 is 0. The molecular formula is C24H31N5O2. The fourth-order valence-electron chi connectivity index (χ4n) is 4.71. The third-order valence-electron chi connectivity index (χ3n) is 6.48. The molecule has 7 nitrogen and oxygen atoms in total. The predicted molar refractivity (Wildman–Crippen MR) is 119 cm³/mol. The van der Waals surface area contributed by atoms with Crippen molar-refractivity contribution in [3.05, 3.63) is 66.0 Å². The Bertz CT molecular complexity index is 876. The summed E-state index contributed by atoms with van der Waals surface area (Å²) in [6.07, 6.45) is 3.91. The molecular weight excluding hydrogens is 390 g/mol. The second-order valence-electron chi connectivity index (χ2n) is 8.46. The Hall–Kier alpha value is -2.77. The topological polar surface area (TPSA) is 77.6 Å². The fourth-order valence-corrected chi connectivity index (χ4v) is 4.71. The van der Waals surface area contributed by atoms with Gasteiger partial charge in [-0.2, -0.15) is 0 Å². The molecule has 2 aliphatic rings. The molecule has 0 saturated carbocycles. The summed E-state index contributed by atoms with van der Waals surface area (Å²) < 4.78 is 0. The summed E-state index contributed by atoms with van der Waals surface area (Å²) in [5.41, 5.74) is 2.07. The number of benzene rings is 1. The summed E-state index contributed by atoms with van der Waals surface area (Å²) in [5.74, 6) is 0.133. The molecule has 7 heteroatoms. The first-order chi connectivity index (χ1) is 15.1. The molecule has 0 bridgehead atoms. The number of carbonyl (C=O) groups is 2. The first-order valence-corrected chi connectivity index (χ1v) is 11.1. The zero-order valence-electron chi connectivity index (χ0n) is 18.0. The molecule has 2 aromatic rings. The molecule has 2 fully saturated rings. The fraction of sp³-hybridized carbons (Fsp3) is 0.458. The molecule has 3 atom stereocenters. The van der Waals surface area contributed by atoms with E-state index in [2.05, 4.69) is 32.5 Å². The van der Waals surface area contributed by atoms with E-state index in [0.29, 0.717) is 26.1 Å². The van der Waals surface area contributed by atoms with Crippen molar-refractivity contribution in [2.45, 2.75) is 50.5 Å². The minimum Gasteiger partial charge on any atom is -0.353 e. The number of nitrogens with one attached hydrogen (secondary N) is 2. The molecule has 31 heavy (non-hydrogen) atoms. The van der Waals surface area contributed by atoms with Gasteiger partial charge in [0.1, 0.15) is 6.04 Å². The van der Waals surface area contributed by atoms with Crippen LogP contribution in [-0.2, 0) is 22.7 Å². The van der Waals surface area contributed by atoms with Gasteiger partial charge in [0, 0.05) is 50.9 Å². The SMILES string of the molecule is CN1[C@@H](CCC(=O)NCc2ccccc2)CNC(=O)[C@@H]2[C@@H]1CCN2Cc1ccccn1. The summed E-state index contributed by atoms with van der Waals surface area (Å²) in [5, 5.41) is 6.12. The van der Waals surface area contributed by atoms with Gasteiger partial charge in [0.15, 0.2) is 0 Å². The van der Waals surface area contributed by atoms with Crippen LogP contribution in [0.15, 0.2) is 54.7 Å². The Morgan fingerprint density at radius 3 is 2.77 bits per heavy atom. The van der Waals surface area contributed by atoms with Gasteiger partial charge in [0.25, 0.3) is 0 Å². The van der Waals surface area contributed by atoms with Crippen LogP contribution in [0.3, 0.4) is 0 Å². The van der Waals surface area contributed by atoms with Crippen LogP contribution in [0, 0.1) is 0 Å². The number of rotatable bonds is 7. The maximum Gasteiger partial charge on any atom is 0.239 e. The zero-order chi connectivity index (χ0) is 21.6. The molecule has 2 N–H and O–H groups in total. The highest BCUT2D eigenvalue weighted by Crippen LogP contribution is 2.28. The second kappa shape index (κ2) is 10.0. The number of likely N-dealkylation sites (N-methyl/N-ethyl adjacent to an activating group) is 1. The van der Waals surface area contributed by atoms with Crippen molar-refractivity contribution in [1.29, 1.82) is 0 Å². The van der Waals surface area contributed by atoms with Crippen molar-refractivity contribution < 1.29 is 9.59 Å². The van der Waals surface area contributed by atoms with Crippen LogP contribution < -0.4 is 10.6 Å². The molecule has 164 valence electrons. The molecule has 0 radical (unpaired) electrons. The lowest BCUT2D eigenvalue weighted by molar-refractivity contribution is -0.126. The summed E-state index contributed by atoms with van der Waals surface area (Å²) in [4.78, 5) is 34.2. The van der Waals surface area contributed by atoms with Gasteiger partial charge in [-0.05, 0) is 37.6 Å². The van der Waals surface area contributed by atoms with E-state index in [1.165, 1.54) is 0 Å². The highest BCUT2D eigenvalue weighted by atomic mass is 16.2. The quantitative estimate of drug-likeness (QED) is 0.709. The summed E-state index contributed by atoms with van der Waals surface area (Å²) in [6, 6.07) is 15.9. The minimum atomic E-state index is -0.177. The van der Waals surface area contributed by atoms with E-state index in [0.717, 1.165) is 30.6 Å². The van der Waals surface area contributed by atoms with E-state index >= 15 is 0 Å². The number of amides is 2. The number of aromatic nitrogens is 1. The number of hydrogen-bond donors (Lipinski definition) is 2. The van der Waals surface area contributed by atoms with Gasteiger partial charge in [0.05, 0.1) is 5.69 Å². The van der Waals surface area contributed by atoms with Crippen molar-refractivity contribution >= 4 is 11.8 Å². The predicted octanol–water partition coefficient (Wildman–Crippen LogP) is 1.55. The first-order valence-electron chi connectivity index (χ1n) is 11.1. The number of carbonyl (C=O) groups excluding carboxylic acids is 2. The number of likely N-dealkylation sites (tertiary alicyclic amines) is 1. The standard InChI is InChI=1S/C24H31N5O2/c1-28-20(10-11-22(30)26-15-18-7-3-2-4-8-18)16-27-24(31)23-21(28)12-14-29(23)17-19-9-5-6-13-25-19/h2-9,13,20-21,23H,10-12,14-17H2,1H3,(H,26,30)(H,27,31)/t20-,21-,23-/m0/s1. The van der Waals surface area contributed by atoms with E-state index in [-0.39, 0.29) is 29.9 Å². The number of hydrogen-bond acceptors (Lipinski definition) is 5. The van der Waals surface area contributed by atoms with E-state index in [1.54, 1.807) is 6.20 Å². The average Bonchev–Trinajstić information content (AvgIpc) is 3.17. The lowest BCUT2D eigenvalue weighted by Gasteiger charge is -2.33. The van der Waals surface area contributed by atoms with Gasteiger partial charge in [-0.1, -0.05) is 36.4 Å². The van der Waals surface area contributed by atoms with Gasteiger partial charge in [-0.15, -0.1) is 0 Å². The highest BCUT2D eigenvalue weighted by molar-refractivity contribution is 5.83. The number of nitrogens with zero attached hydrogens (tertiary/aromatic N) is 3. The van der Waals surface area contributed by atoms with Gasteiger partial charge >= 0.3 is 0 Å². The second-order valence-corrected chi connectivity index (χ2v) is 8.46. The Balaban J connectivity index is 1.32. The normalized spacial score (nSPS) is 24.3. The van der Waals surface area contributed by atoms with Crippen molar-refractivity contribution in [3.63, 3.8) is 0 Å². The van der Waals surface area contributed by atoms with Crippen LogP contribution in [0.1, 0.15) is 30.5 Å². The van der Waals surface area contributed by atoms with Gasteiger partial charge in [-0.3, -0.25) is 24.4 Å². The molecule has 0 spiro atoms. The molecule has 2 saturated heterocycles. The Morgan fingerprint density at radius 1 is 1.19 bits per heavy atom. The lowest BCUT2D eigenvalue weighted by Crippen LogP contribution is -2.49. The maximum absolute atomic E-state index is 12.9. The monoisotopic (exact) mass is 421 g/mol. The highest BCUT2D eigenvalue weighted by Gasteiger charge is 2.44. The van der Waals surface area contributed by atoms with Crippen LogP contribution in [0.4, 0.5) is 0 Å². The number of fused-ring (bicyclic) bond motifs is 1. The molecule has 0 aliphatic carbocycles. The van der Waals surface area contributed by atoms with E-state index in [4.69, 9.17) is 0 Å². The molecule has 4 rings (SSSR count). The zero-order valence-corrected chi connectivity index (χ0v) is 18.0. The Labute approximate surface area is 183 Å². The van der Waals surface area contributed by atoms with Crippen molar-refractivity contribution in [1.82, 2.24) is 25.4 Å². The summed E-state index contributed by atoms with van der Waals surface area (Å²) in [7, 11) is 2.09. The van der Waals surface area contributed by atoms with Crippen molar-refractivity contribution in [3.8, 4) is 0 Å². The van der Waals surface area contributed by atoms with Crippen LogP contribution in [-0.4, -0.2) is 64.9 Å². The first kappa shape index (κ1) is 21.5. The van der Waals surface area contributed by atoms with Gasteiger partial charge < -0.3 is 10.6 Å². The molecule has 3 heterocycles. The van der Waals surface area contributed by atoms with Crippen LogP contribution in [0.25, 0.3) is 0 Å². The van der Waals surface area contributed by atoms with Gasteiger partial charge in [0.2, 0.25) is 11.8 Å².